The Kier molecular flexibility index (Phi) is 12.0. The van der Waals surface area contributed by atoms with Gasteiger partial charge in [-0.05, 0) is 83.9 Å². The molecular formula is C32H29ClF2N6O8S2. The van der Waals surface area contributed by atoms with Crippen LogP contribution in [0.5, 0.6) is 23.0 Å². The zero-order valence-electron chi connectivity index (χ0n) is 27.1. The molecule has 2 aliphatic rings. The Balaban J connectivity index is 0.000000189. The highest BCUT2D eigenvalue weighted by molar-refractivity contribution is 7.91. The van der Waals surface area contributed by atoms with Gasteiger partial charge in [0.1, 0.15) is 21.4 Å². The number of aromatic hydroxyl groups is 2. The molecule has 51 heavy (non-hydrogen) atoms. The van der Waals surface area contributed by atoms with Crippen molar-refractivity contribution in [2.75, 3.05) is 28.3 Å². The first-order valence-electron chi connectivity index (χ1n) is 14.3. The molecule has 0 radical (unpaired) electrons. The number of methoxy groups -OCH3 is 2. The van der Waals surface area contributed by atoms with E-state index in [9.17, 15) is 35.8 Å². The summed E-state index contributed by atoms with van der Waals surface area (Å²) in [7, 11) is -1.52. The van der Waals surface area contributed by atoms with Gasteiger partial charge in [0.05, 0.1) is 26.6 Å². The highest BCUT2D eigenvalue weighted by Crippen LogP contribution is 2.30. The third-order valence-electron chi connectivity index (χ3n) is 6.75. The molecule has 0 atom stereocenters. The minimum atomic E-state index is -3.94. The molecule has 4 aromatic carbocycles. The van der Waals surface area contributed by atoms with Gasteiger partial charge in [-0.3, -0.25) is 0 Å². The number of hydrogen-bond donors (Lipinski definition) is 3. The predicted octanol–water partition coefficient (Wildman–Crippen LogP) is 4.42. The Bertz CT molecular complexity index is 2300. The molecule has 0 bridgehead atoms. The van der Waals surface area contributed by atoms with E-state index in [1.54, 1.807) is 43.6 Å². The van der Waals surface area contributed by atoms with Crippen LogP contribution in [0.25, 0.3) is 0 Å². The lowest BCUT2D eigenvalue weighted by atomic mass is 10.2. The van der Waals surface area contributed by atoms with Crippen LogP contribution in [0.1, 0.15) is 22.3 Å². The third kappa shape index (κ3) is 9.15. The summed E-state index contributed by atoms with van der Waals surface area (Å²) in [4.78, 5) is -0.353. The van der Waals surface area contributed by atoms with Crippen molar-refractivity contribution in [2.24, 2.45) is 19.0 Å². The standard InChI is InChI=1S/C16H14FN3O4S.C9H12N2O2.C7H3ClFNO2S/c1-20(18-9-10-3-6-13(21)14(7-10)24-2)16-12-5-4-11(17)8-15(12)25(22,23)19-16;1-10-11-6-7-3-4-8(12)9(5-7)13-2;8-7-5-2-1-4(9)3-6(5)13(11,12)10-7/h3-9,21H,1-2H3;3-6,10,12H,1-2H3;1-3H/b18-9+;11-6+;. The number of sulfonamides is 2. The molecule has 0 fully saturated rings. The summed E-state index contributed by atoms with van der Waals surface area (Å²) in [6.45, 7) is 0. The van der Waals surface area contributed by atoms with Crippen LogP contribution in [-0.4, -0.2) is 83.8 Å². The smallest absolute Gasteiger partial charge is 0.285 e. The normalized spacial score (nSPS) is 14.6. The Morgan fingerprint density at radius 1 is 0.765 bits per heavy atom. The maximum absolute atomic E-state index is 13.3. The highest BCUT2D eigenvalue weighted by Gasteiger charge is 2.31. The number of amidine groups is 1. The molecule has 19 heteroatoms. The van der Waals surface area contributed by atoms with E-state index in [1.165, 1.54) is 50.7 Å². The van der Waals surface area contributed by atoms with Gasteiger partial charge in [0, 0.05) is 25.2 Å². The van der Waals surface area contributed by atoms with Crippen LogP contribution < -0.4 is 14.9 Å². The van der Waals surface area contributed by atoms with Gasteiger partial charge < -0.3 is 25.1 Å². The summed E-state index contributed by atoms with van der Waals surface area (Å²) in [6, 6.07) is 16.4. The summed E-state index contributed by atoms with van der Waals surface area (Å²) in [6.07, 6.45) is 3.10. The molecule has 6 rings (SSSR count). The van der Waals surface area contributed by atoms with Crippen molar-refractivity contribution < 1.29 is 45.3 Å². The van der Waals surface area contributed by atoms with Crippen LogP contribution in [0.2, 0.25) is 0 Å². The second-order valence-electron chi connectivity index (χ2n) is 10.1. The zero-order chi connectivity index (χ0) is 37.5. The summed E-state index contributed by atoms with van der Waals surface area (Å²) < 4.78 is 89.2. The first-order chi connectivity index (χ1) is 24.1. The highest BCUT2D eigenvalue weighted by atomic mass is 35.5. The number of phenols is 2. The topological polar surface area (TPSA) is 192 Å². The number of ether oxygens (including phenoxy) is 2. The largest absolute Gasteiger partial charge is 0.504 e. The molecule has 268 valence electrons. The molecule has 0 aliphatic carbocycles. The number of benzene rings is 4. The van der Waals surface area contributed by atoms with Crippen LogP contribution in [0, 0.1) is 11.6 Å². The first-order valence-corrected chi connectivity index (χ1v) is 17.5. The van der Waals surface area contributed by atoms with Gasteiger partial charge in [-0.15, -0.1) is 8.80 Å². The van der Waals surface area contributed by atoms with Crippen molar-refractivity contribution in [1.29, 1.82) is 0 Å². The Labute approximate surface area is 296 Å². The van der Waals surface area contributed by atoms with E-state index in [0.29, 0.717) is 11.3 Å². The van der Waals surface area contributed by atoms with Crippen molar-refractivity contribution in [3.05, 3.63) is 107 Å². The van der Waals surface area contributed by atoms with Crippen molar-refractivity contribution >= 4 is 55.1 Å². The van der Waals surface area contributed by atoms with Crippen molar-refractivity contribution in [3.8, 4) is 23.0 Å². The number of rotatable bonds is 6. The average Bonchev–Trinajstić information content (AvgIpc) is 3.50. The maximum Gasteiger partial charge on any atom is 0.285 e. The lowest BCUT2D eigenvalue weighted by Gasteiger charge is -2.12. The molecule has 0 amide bonds. The van der Waals surface area contributed by atoms with Gasteiger partial charge in [0.25, 0.3) is 20.0 Å². The first kappa shape index (κ1) is 38.2. The summed E-state index contributed by atoms with van der Waals surface area (Å²) in [5, 5.41) is 28.0. The van der Waals surface area contributed by atoms with E-state index in [4.69, 9.17) is 21.1 Å². The number of nitrogens with one attached hydrogen (secondary N) is 1. The Morgan fingerprint density at radius 3 is 1.78 bits per heavy atom. The molecule has 3 N–H and O–H groups in total. The fraction of sp³-hybridized carbons (Fsp3) is 0.125. The van der Waals surface area contributed by atoms with Crippen LogP contribution in [0.15, 0.2) is 102 Å². The molecule has 2 heterocycles. The molecular weight excluding hydrogens is 734 g/mol. The van der Waals surface area contributed by atoms with Gasteiger partial charge in [0.15, 0.2) is 34.0 Å². The predicted molar refractivity (Wildman–Crippen MR) is 187 cm³/mol. The van der Waals surface area contributed by atoms with E-state index < -0.39 is 31.7 Å². The quantitative estimate of drug-likeness (QED) is 0.187. The van der Waals surface area contributed by atoms with Gasteiger partial charge in [-0.25, -0.2) is 13.8 Å². The van der Waals surface area contributed by atoms with E-state index >= 15 is 0 Å². The van der Waals surface area contributed by atoms with Crippen molar-refractivity contribution in [3.63, 3.8) is 0 Å². The number of fused-ring (bicyclic) bond motifs is 2. The molecule has 14 nitrogen and oxygen atoms in total. The van der Waals surface area contributed by atoms with E-state index in [-0.39, 0.29) is 49.2 Å². The number of nitrogens with zero attached hydrogens (tertiary/aromatic N) is 5. The Morgan fingerprint density at radius 2 is 1.25 bits per heavy atom. The minimum Gasteiger partial charge on any atom is -0.504 e. The number of phenolic OH excluding ortho intramolecular Hbond substituents is 2. The van der Waals surface area contributed by atoms with Crippen LogP contribution in [-0.2, 0) is 20.0 Å². The van der Waals surface area contributed by atoms with E-state index in [0.717, 1.165) is 29.8 Å². The summed E-state index contributed by atoms with van der Waals surface area (Å²) in [5.41, 5.74) is 4.66. The SMILES string of the molecule is CN/N=C/c1ccc(O)c(OC)c1.COc1cc(/C=N/N(C)C2=NS(=O)(=O)c3cc(F)ccc32)ccc1O.O=S1(=O)N=C(Cl)c2ccc(F)cc21. The van der Waals surface area contributed by atoms with Gasteiger partial charge in [-0.1, -0.05) is 11.6 Å². The molecule has 0 unspecified atom stereocenters. The molecule has 0 saturated carbocycles. The molecule has 0 saturated heterocycles. The number of hydrogen-bond acceptors (Lipinski definition) is 12. The van der Waals surface area contributed by atoms with Crippen LogP contribution in [0.4, 0.5) is 8.78 Å². The van der Waals surface area contributed by atoms with Crippen molar-refractivity contribution in [2.45, 2.75) is 9.79 Å². The fourth-order valence-electron chi connectivity index (χ4n) is 4.32. The number of halogens is 3. The van der Waals surface area contributed by atoms with Crippen LogP contribution in [0.3, 0.4) is 0 Å². The Hall–Kier alpha value is -5.59. The maximum atomic E-state index is 13.3. The van der Waals surface area contributed by atoms with E-state index in [2.05, 4.69) is 24.4 Å². The van der Waals surface area contributed by atoms with Crippen molar-refractivity contribution in [1.82, 2.24) is 10.4 Å². The zero-order valence-corrected chi connectivity index (χ0v) is 29.5. The second-order valence-corrected chi connectivity index (χ2v) is 13.6. The molecule has 2 aliphatic heterocycles. The van der Waals surface area contributed by atoms with Gasteiger partial charge in [0.2, 0.25) is 0 Å². The summed E-state index contributed by atoms with van der Waals surface area (Å²) >= 11 is 5.53. The average molecular weight is 763 g/mol. The van der Waals surface area contributed by atoms with Crippen LogP contribution >= 0.6 is 11.6 Å². The molecule has 0 spiro atoms. The minimum absolute atomic E-state index is 0.00443. The number of hydrazone groups is 2. The summed E-state index contributed by atoms with van der Waals surface area (Å²) in [5.74, 6) is -0.324. The third-order valence-corrected chi connectivity index (χ3v) is 9.76. The van der Waals surface area contributed by atoms with E-state index in [1.807, 2.05) is 0 Å². The lowest BCUT2D eigenvalue weighted by Crippen LogP contribution is -2.21. The molecule has 0 aromatic heterocycles. The van der Waals surface area contributed by atoms with Gasteiger partial charge >= 0.3 is 0 Å². The second kappa shape index (κ2) is 16.0. The fourth-order valence-corrected chi connectivity index (χ4v) is 7.17. The monoisotopic (exact) mass is 762 g/mol. The van der Waals surface area contributed by atoms with Gasteiger partial charge in [-0.2, -0.15) is 27.0 Å². The lowest BCUT2D eigenvalue weighted by molar-refractivity contribution is 0.373. The molecule has 4 aromatic rings.